The van der Waals surface area contributed by atoms with Crippen LogP contribution >= 0.6 is 11.3 Å². The quantitative estimate of drug-likeness (QED) is 0.894. The van der Waals surface area contributed by atoms with Crippen molar-refractivity contribution in [1.29, 1.82) is 0 Å². The Morgan fingerprint density at radius 1 is 1.44 bits per heavy atom. The maximum Gasteiger partial charge on any atom is 0.445 e. The average Bonchev–Trinajstić information content (AvgIpc) is 2.81. The van der Waals surface area contributed by atoms with Gasteiger partial charge < -0.3 is 10.0 Å². The van der Waals surface area contributed by atoms with Crippen LogP contribution in [0.3, 0.4) is 0 Å². The number of aromatic nitrogens is 2. The van der Waals surface area contributed by atoms with Gasteiger partial charge in [-0.2, -0.15) is 13.2 Å². The Balaban J connectivity index is 2.15. The van der Waals surface area contributed by atoms with E-state index in [1.54, 1.807) is 6.92 Å². The van der Waals surface area contributed by atoms with Crippen LogP contribution < -0.4 is 4.90 Å². The number of carbonyl (C=O) groups is 1. The van der Waals surface area contributed by atoms with E-state index in [0.29, 0.717) is 17.9 Å². The third-order valence-electron chi connectivity index (χ3n) is 2.86. The highest BCUT2D eigenvalue weighted by Gasteiger charge is 2.39. The molecule has 1 saturated heterocycles. The first-order valence-corrected chi connectivity index (χ1v) is 5.99. The Labute approximate surface area is 104 Å². The number of rotatable bonds is 2. The highest BCUT2D eigenvalue weighted by molar-refractivity contribution is 7.15. The van der Waals surface area contributed by atoms with Crippen LogP contribution in [0.1, 0.15) is 11.9 Å². The Morgan fingerprint density at radius 3 is 2.56 bits per heavy atom. The normalized spacial score (nSPS) is 24.6. The summed E-state index contributed by atoms with van der Waals surface area (Å²) in [6.45, 7) is 2.30. The predicted molar refractivity (Wildman–Crippen MR) is 57.4 cm³/mol. The van der Waals surface area contributed by atoms with Gasteiger partial charge in [0.05, 0.1) is 5.92 Å². The number of alkyl halides is 3. The van der Waals surface area contributed by atoms with Crippen molar-refractivity contribution in [2.24, 2.45) is 11.8 Å². The van der Waals surface area contributed by atoms with E-state index >= 15 is 0 Å². The zero-order chi connectivity index (χ0) is 13.5. The number of carboxylic acid groups (broad SMARTS) is 1. The minimum atomic E-state index is -4.51. The highest BCUT2D eigenvalue weighted by atomic mass is 32.1. The van der Waals surface area contributed by atoms with Crippen LogP contribution in [0.5, 0.6) is 0 Å². The fourth-order valence-electron chi connectivity index (χ4n) is 1.90. The molecule has 2 rings (SSSR count). The van der Waals surface area contributed by atoms with Gasteiger partial charge in [-0.1, -0.05) is 18.3 Å². The van der Waals surface area contributed by atoms with Gasteiger partial charge in [0.2, 0.25) is 10.1 Å². The molecule has 2 heterocycles. The summed E-state index contributed by atoms with van der Waals surface area (Å²) in [5.41, 5.74) is 0. The van der Waals surface area contributed by atoms with Crippen molar-refractivity contribution < 1.29 is 23.1 Å². The molecule has 1 aliphatic heterocycles. The second-order valence-electron chi connectivity index (χ2n) is 4.21. The molecule has 1 fully saturated rings. The Bertz CT molecular complexity index is 462. The van der Waals surface area contributed by atoms with Crippen molar-refractivity contribution in [2.75, 3.05) is 18.0 Å². The van der Waals surface area contributed by atoms with E-state index in [2.05, 4.69) is 10.2 Å². The Kier molecular flexibility index (Phi) is 3.18. The molecular weight excluding hydrogens is 271 g/mol. The van der Waals surface area contributed by atoms with Gasteiger partial charge in [-0.3, -0.25) is 4.79 Å². The Hall–Kier alpha value is -1.38. The summed E-state index contributed by atoms with van der Waals surface area (Å²) in [7, 11) is 0. The van der Waals surface area contributed by atoms with E-state index in [-0.39, 0.29) is 17.6 Å². The summed E-state index contributed by atoms with van der Waals surface area (Å²) in [5, 5.41) is 14.6. The summed E-state index contributed by atoms with van der Waals surface area (Å²) in [5.74, 6) is -1.64. The van der Waals surface area contributed by atoms with Crippen molar-refractivity contribution in [2.45, 2.75) is 13.1 Å². The van der Waals surface area contributed by atoms with E-state index in [9.17, 15) is 18.0 Å². The molecule has 0 saturated carbocycles. The molecule has 1 aromatic rings. The number of nitrogens with zero attached hydrogens (tertiary/aromatic N) is 3. The number of hydrogen-bond donors (Lipinski definition) is 1. The van der Waals surface area contributed by atoms with Crippen LogP contribution in [0.2, 0.25) is 0 Å². The SMILES string of the molecule is CC1CN(c2nnc(C(F)(F)F)s2)CC1C(=O)O. The average molecular weight is 281 g/mol. The van der Waals surface area contributed by atoms with Gasteiger partial charge in [0.25, 0.3) is 0 Å². The number of carboxylic acids is 1. The van der Waals surface area contributed by atoms with Gasteiger partial charge in [0.15, 0.2) is 0 Å². The molecule has 1 aliphatic rings. The van der Waals surface area contributed by atoms with Gasteiger partial charge in [-0.15, -0.1) is 10.2 Å². The van der Waals surface area contributed by atoms with Crippen molar-refractivity contribution in [3.05, 3.63) is 5.01 Å². The lowest BCUT2D eigenvalue weighted by Crippen LogP contribution is -2.22. The lowest BCUT2D eigenvalue weighted by atomic mass is 9.99. The zero-order valence-corrected chi connectivity index (χ0v) is 10.1. The molecule has 0 aromatic carbocycles. The van der Waals surface area contributed by atoms with Crippen LogP contribution in [0, 0.1) is 11.8 Å². The summed E-state index contributed by atoms with van der Waals surface area (Å²) < 4.78 is 37.1. The number of hydrogen-bond acceptors (Lipinski definition) is 5. The molecule has 100 valence electrons. The minimum Gasteiger partial charge on any atom is -0.481 e. The van der Waals surface area contributed by atoms with Crippen molar-refractivity contribution in [3.8, 4) is 0 Å². The molecular formula is C9H10F3N3O2S. The first kappa shape index (κ1) is 13.1. The molecule has 5 nitrogen and oxygen atoms in total. The molecule has 18 heavy (non-hydrogen) atoms. The van der Waals surface area contributed by atoms with Crippen LogP contribution in [0.15, 0.2) is 0 Å². The highest BCUT2D eigenvalue weighted by Crippen LogP contribution is 2.36. The van der Waals surface area contributed by atoms with Crippen LogP contribution in [-0.2, 0) is 11.0 Å². The second-order valence-corrected chi connectivity index (χ2v) is 5.17. The standard InChI is InChI=1S/C9H10F3N3O2S/c1-4-2-15(3-5(4)6(16)17)8-14-13-7(18-8)9(10,11)12/h4-5H,2-3H2,1H3,(H,16,17). The monoisotopic (exact) mass is 281 g/mol. The molecule has 0 amide bonds. The fourth-order valence-corrected chi connectivity index (χ4v) is 2.63. The van der Waals surface area contributed by atoms with Gasteiger partial charge in [-0.25, -0.2) is 0 Å². The first-order valence-electron chi connectivity index (χ1n) is 5.17. The van der Waals surface area contributed by atoms with E-state index in [4.69, 9.17) is 5.11 Å². The van der Waals surface area contributed by atoms with E-state index in [1.165, 1.54) is 4.90 Å². The van der Waals surface area contributed by atoms with Crippen molar-refractivity contribution in [3.63, 3.8) is 0 Å². The van der Waals surface area contributed by atoms with Gasteiger partial charge in [0.1, 0.15) is 0 Å². The second kappa shape index (κ2) is 4.38. The largest absolute Gasteiger partial charge is 0.481 e. The van der Waals surface area contributed by atoms with E-state index in [0.717, 1.165) is 0 Å². The van der Waals surface area contributed by atoms with Gasteiger partial charge >= 0.3 is 12.1 Å². The third-order valence-corrected chi connectivity index (χ3v) is 3.89. The minimum absolute atomic E-state index is 0.123. The molecule has 1 aromatic heterocycles. The maximum atomic E-state index is 12.4. The summed E-state index contributed by atoms with van der Waals surface area (Å²) in [4.78, 5) is 12.5. The lowest BCUT2D eigenvalue weighted by Gasteiger charge is -2.12. The molecule has 0 radical (unpaired) electrons. The van der Waals surface area contributed by atoms with Crippen LogP contribution in [0.25, 0.3) is 0 Å². The number of aliphatic carboxylic acids is 1. The predicted octanol–water partition coefficient (Wildman–Crippen LogP) is 1.71. The lowest BCUT2D eigenvalue weighted by molar-refractivity contribution is -0.142. The third kappa shape index (κ3) is 2.40. The molecule has 2 atom stereocenters. The Morgan fingerprint density at radius 2 is 2.11 bits per heavy atom. The molecule has 0 bridgehead atoms. The van der Waals surface area contributed by atoms with Crippen molar-refractivity contribution >= 4 is 22.4 Å². The molecule has 9 heteroatoms. The summed E-state index contributed by atoms with van der Waals surface area (Å²) in [6, 6.07) is 0. The van der Waals surface area contributed by atoms with Crippen molar-refractivity contribution in [1.82, 2.24) is 10.2 Å². The van der Waals surface area contributed by atoms with Crippen LogP contribution in [-0.4, -0.2) is 34.4 Å². The van der Waals surface area contributed by atoms with Crippen LogP contribution in [0.4, 0.5) is 18.3 Å². The van der Waals surface area contributed by atoms with Gasteiger partial charge in [0, 0.05) is 13.1 Å². The molecule has 1 N–H and O–H groups in total. The summed E-state index contributed by atoms with van der Waals surface area (Å²) in [6.07, 6.45) is -4.51. The molecule has 2 unspecified atom stereocenters. The maximum absolute atomic E-state index is 12.4. The fraction of sp³-hybridized carbons (Fsp3) is 0.667. The van der Waals surface area contributed by atoms with E-state index < -0.39 is 23.1 Å². The number of halogens is 3. The topological polar surface area (TPSA) is 66.3 Å². The summed E-state index contributed by atoms with van der Waals surface area (Å²) >= 11 is 0.439. The zero-order valence-electron chi connectivity index (χ0n) is 9.31. The molecule has 0 aliphatic carbocycles. The van der Waals surface area contributed by atoms with E-state index in [1.807, 2.05) is 0 Å². The van der Waals surface area contributed by atoms with Gasteiger partial charge in [-0.05, 0) is 5.92 Å². The smallest absolute Gasteiger partial charge is 0.445 e. The molecule has 0 spiro atoms. The first-order chi connectivity index (χ1) is 8.29. The number of anilines is 1.